The number of allylic oxidation sites excluding steroid dienone is 2. The Morgan fingerprint density at radius 2 is 1.04 bits per heavy atom. The molecule has 0 spiro atoms. The molecule has 0 bridgehead atoms. The van der Waals surface area contributed by atoms with E-state index >= 15 is 0 Å². The lowest BCUT2D eigenvalue weighted by Gasteiger charge is -2.01. The lowest BCUT2D eigenvalue weighted by Crippen LogP contribution is -2.10. The monoisotopic (exact) mass is 418 g/mol. The van der Waals surface area contributed by atoms with Crippen LogP contribution in [0.15, 0.2) is 60.7 Å². The first-order chi connectivity index (χ1) is 13.5. The van der Waals surface area contributed by atoms with Gasteiger partial charge in [0.15, 0.2) is 0 Å². The molecule has 0 aliphatic heterocycles. The summed E-state index contributed by atoms with van der Waals surface area (Å²) in [4.78, 5) is 32.2. The maximum Gasteiger partial charge on any atom is 0.355 e. The number of carbonyl (C=O) groups is 2. The number of carbonyl (C=O) groups excluding carboxylic acids is 2. The largest absolute Gasteiger partial charge is 0.355 e. The molecule has 4 nitrogen and oxygen atoms in total. The average molecular weight is 419 g/mol. The molecular formula is C22H20Cl2O4. The van der Waals surface area contributed by atoms with Crippen molar-refractivity contribution in [1.29, 1.82) is 0 Å². The zero-order chi connectivity index (χ0) is 20.2. The second-order valence-electron chi connectivity index (χ2n) is 5.90. The number of halogens is 2. The van der Waals surface area contributed by atoms with E-state index in [-0.39, 0.29) is 12.8 Å². The Morgan fingerprint density at radius 1 is 0.679 bits per heavy atom. The Bertz CT molecular complexity index is 753. The fourth-order valence-corrected chi connectivity index (χ4v) is 2.42. The summed E-state index contributed by atoms with van der Waals surface area (Å²) < 4.78 is 0. The molecule has 0 saturated carbocycles. The first kappa shape index (κ1) is 21.7. The van der Waals surface area contributed by atoms with E-state index in [4.69, 9.17) is 23.2 Å². The molecule has 6 heteroatoms. The zero-order valence-corrected chi connectivity index (χ0v) is 16.7. The smallest absolute Gasteiger partial charge is 0.247 e. The van der Waals surface area contributed by atoms with Crippen LogP contribution >= 0.6 is 23.2 Å². The maximum absolute atomic E-state index is 11.6. The molecular weight excluding hydrogens is 399 g/mol. The third-order valence-electron chi connectivity index (χ3n) is 3.62. The standard InChI is InChI=1S/C22H20Cl2O4/c23-19-13-9-17(10-14-19)5-1-3-7-21(25)27-28-22(26)8-4-2-6-18-11-15-20(24)16-12-18/h1-2,5-6,9-16H,3-4,7-8H2/b5-1+,6-2+. The highest BCUT2D eigenvalue weighted by Gasteiger charge is 2.08. The molecule has 2 aromatic carbocycles. The third-order valence-corrected chi connectivity index (χ3v) is 4.12. The van der Waals surface area contributed by atoms with Gasteiger partial charge in [0.25, 0.3) is 0 Å². The second-order valence-corrected chi connectivity index (χ2v) is 6.77. The van der Waals surface area contributed by atoms with Gasteiger partial charge < -0.3 is 0 Å². The van der Waals surface area contributed by atoms with Gasteiger partial charge in [0.2, 0.25) is 0 Å². The van der Waals surface area contributed by atoms with Crippen molar-refractivity contribution in [1.82, 2.24) is 0 Å². The van der Waals surface area contributed by atoms with Crippen molar-refractivity contribution in [2.24, 2.45) is 0 Å². The summed E-state index contributed by atoms with van der Waals surface area (Å²) in [5.41, 5.74) is 1.96. The maximum atomic E-state index is 11.6. The highest BCUT2D eigenvalue weighted by molar-refractivity contribution is 6.30. The van der Waals surface area contributed by atoms with Gasteiger partial charge in [-0.1, -0.05) is 71.8 Å². The van der Waals surface area contributed by atoms with E-state index in [0.717, 1.165) is 11.1 Å². The summed E-state index contributed by atoms with van der Waals surface area (Å²) in [6, 6.07) is 14.7. The molecule has 0 amide bonds. The van der Waals surface area contributed by atoms with E-state index in [9.17, 15) is 9.59 Å². The van der Waals surface area contributed by atoms with Crippen molar-refractivity contribution >= 4 is 47.3 Å². The average Bonchev–Trinajstić information content (AvgIpc) is 2.69. The normalized spacial score (nSPS) is 11.1. The quantitative estimate of drug-likeness (QED) is 0.373. The summed E-state index contributed by atoms with van der Waals surface area (Å²) in [5.74, 6) is -1.18. The lowest BCUT2D eigenvalue weighted by atomic mass is 10.2. The topological polar surface area (TPSA) is 52.6 Å². The zero-order valence-electron chi connectivity index (χ0n) is 15.1. The second kappa shape index (κ2) is 12.0. The van der Waals surface area contributed by atoms with E-state index < -0.39 is 11.9 Å². The van der Waals surface area contributed by atoms with Crippen molar-refractivity contribution < 1.29 is 19.4 Å². The summed E-state index contributed by atoms with van der Waals surface area (Å²) in [7, 11) is 0. The molecule has 2 rings (SSSR count). The number of rotatable bonds is 8. The van der Waals surface area contributed by atoms with Crippen molar-refractivity contribution in [3.63, 3.8) is 0 Å². The summed E-state index contributed by atoms with van der Waals surface area (Å²) in [5, 5.41) is 1.34. The minimum absolute atomic E-state index is 0.119. The molecule has 0 atom stereocenters. The Hall–Kier alpha value is -2.56. The fraction of sp³-hybridized carbons (Fsp3) is 0.182. The van der Waals surface area contributed by atoms with Crippen LogP contribution in [0.3, 0.4) is 0 Å². The highest BCUT2D eigenvalue weighted by atomic mass is 35.5. The lowest BCUT2D eigenvalue weighted by molar-refractivity contribution is -0.259. The van der Waals surface area contributed by atoms with Crippen molar-refractivity contribution in [3.8, 4) is 0 Å². The molecule has 146 valence electrons. The Labute approximate surface area is 174 Å². The summed E-state index contributed by atoms with van der Waals surface area (Å²) in [6.07, 6.45) is 8.63. The van der Waals surface area contributed by atoms with Crippen molar-refractivity contribution in [3.05, 3.63) is 81.9 Å². The van der Waals surface area contributed by atoms with Gasteiger partial charge in [-0.3, -0.25) is 0 Å². The molecule has 0 fully saturated rings. The van der Waals surface area contributed by atoms with Gasteiger partial charge in [-0.25, -0.2) is 19.4 Å². The van der Waals surface area contributed by atoms with E-state index in [0.29, 0.717) is 22.9 Å². The Morgan fingerprint density at radius 3 is 1.39 bits per heavy atom. The van der Waals surface area contributed by atoms with Crippen LogP contribution in [0.2, 0.25) is 10.0 Å². The molecule has 0 radical (unpaired) electrons. The number of hydrogen-bond donors (Lipinski definition) is 0. The third kappa shape index (κ3) is 8.89. The predicted octanol–water partition coefficient (Wildman–Crippen LogP) is 6.28. The summed E-state index contributed by atoms with van der Waals surface area (Å²) in [6.45, 7) is 0. The highest BCUT2D eigenvalue weighted by Crippen LogP contribution is 2.12. The van der Waals surface area contributed by atoms with Crippen molar-refractivity contribution in [2.75, 3.05) is 0 Å². The molecule has 0 aliphatic carbocycles. The first-order valence-corrected chi connectivity index (χ1v) is 9.53. The van der Waals surface area contributed by atoms with E-state index in [1.54, 1.807) is 24.3 Å². The predicted molar refractivity (Wildman–Crippen MR) is 112 cm³/mol. The van der Waals surface area contributed by atoms with Crippen LogP contribution in [-0.4, -0.2) is 11.9 Å². The Balaban J connectivity index is 1.58. The number of benzene rings is 2. The van der Waals surface area contributed by atoms with Crippen molar-refractivity contribution in [2.45, 2.75) is 25.7 Å². The van der Waals surface area contributed by atoms with Gasteiger partial charge in [0, 0.05) is 10.0 Å². The molecule has 0 heterocycles. The first-order valence-electron chi connectivity index (χ1n) is 8.77. The van der Waals surface area contributed by atoms with Gasteiger partial charge in [0.05, 0.1) is 12.8 Å². The van der Waals surface area contributed by atoms with E-state index in [1.165, 1.54) is 0 Å². The molecule has 0 aromatic heterocycles. The van der Waals surface area contributed by atoms with E-state index in [2.05, 4.69) is 9.78 Å². The molecule has 0 saturated heterocycles. The van der Waals surface area contributed by atoms with E-state index in [1.807, 2.05) is 48.6 Å². The van der Waals surface area contributed by atoms with Crippen LogP contribution in [0, 0.1) is 0 Å². The van der Waals surface area contributed by atoms with Crippen LogP contribution in [0.1, 0.15) is 36.8 Å². The fourth-order valence-electron chi connectivity index (χ4n) is 2.17. The van der Waals surface area contributed by atoms with Gasteiger partial charge in [-0.05, 0) is 48.2 Å². The van der Waals surface area contributed by atoms with Crippen LogP contribution in [0.5, 0.6) is 0 Å². The molecule has 0 aliphatic rings. The van der Waals surface area contributed by atoms with Gasteiger partial charge >= 0.3 is 11.9 Å². The minimum Gasteiger partial charge on any atom is -0.247 e. The summed E-state index contributed by atoms with van der Waals surface area (Å²) >= 11 is 11.6. The minimum atomic E-state index is -0.592. The molecule has 2 aromatic rings. The van der Waals surface area contributed by atoms with Crippen LogP contribution in [0.4, 0.5) is 0 Å². The SMILES string of the molecule is O=C(CC/C=C/c1ccc(Cl)cc1)OOC(=O)CC/C=C/c1ccc(Cl)cc1. The van der Waals surface area contributed by atoms with Crippen LogP contribution in [-0.2, 0) is 19.4 Å². The number of hydrogen-bond acceptors (Lipinski definition) is 4. The molecule has 0 unspecified atom stereocenters. The molecule has 28 heavy (non-hydrogen) atoms. The van der Waals surface area contributed by atoms with Crippen LogP contribution in [0.25, 0.3) is 12.2 Å². The van der Waals surface area contributed by atoms with Gasteiger partial charge in [-0.2, -0.15) is 0 Å². The Kier molecular flexibility index (Phi) is 9.32. The van der Waals surface area contributed by atoms with Crippen LogP contribution < -0.4 is 0 Å². The van der Waals surface area contributed by atoms with Gasteiger partial charge in [-0.15, -0.1) is 0 Å². The van der Waals surface area contributed by atoms with Gasteiger partial charge in [0.1, 0.15) is 0 Å². The molecule has 0 N–H and O–H groups in total.